The summed E-state index contributed by atoms with van der Waals surface area (Å²) in [5.74, 6) is 0.337. The largest absolute Gasteiger partial charge is 0.506 e. The van der Waals surface area contributed by atoms with Gasteiger partial charge in [-0.2, -0.15) is 0 Å². The normalized spacial score (nSPS) is 17.9. The summed E-state index contributed by atoms with van der Waals surface area (Å²) in [6.07, 6.45) is 8.79. The lowest BCUT2D eigenvalue weighted by Gasteiger charge is -2.35. The van der Waals surface area contributed by atoms with Crippen molar-refractivity contribution in [3.63, 3.8) is 0 Å². The molecule has 0 radical (unpaired) electrons. The zero-order valence-corrected chi connectivity index (χ0v) is 17.5. The van der Waals surface area contributed by atoms with Crippen molar-refractivity contribution in [2.45, 2.75) is 25.7 Å². The number of hydrogen-bond donors (Lipinski definition) is 1. The molecule has 0 bridgehead atoms. The molecular formula is C25H31N3O2. The van der Waals surface area contributed by atoms with Crippen LogP contribution in [0, 0.1) is 0 Å². The summed E-state index contributed by atoms with van der Waals surface area (Å²) in [7, 11) is 0. The maximum Gasteiger partial charge on any atom is 0.246 e. The van der Waals surface area contributed by atoms with Crippen molar-refractivity contribution in [2.24, 2.45) is 0 Å². The summed E-state index contributed by atoms with van der Waals surface area (Å²) in [5, 5.41) is 10.0. The number of rotatable bonds is 4. The molecule has 158 valence electrons. The average molecular weight is 406 g/mol. The van der Waals surface area contributed by atoms with Crippen molar-refractivity contribution < 1.29 is 9.90 Å². The first-order chi connectivity index (χ1) is 14.7. The third-order valence-electron chi connectivity index (χ3n) is 6.10. The second-order valence-corrected chi connectivity index (χ2v) is 8.13. The molecule has 1 amide bonds. The van der Waals surface area contributed by atoms with Gasteiger partial charge in [-0.1, -0.05) is 37.1 Å². The number of carbonyl (C=O) groups is 1. The van der Waals surface area contributed by atoms with E-state index in [0.717, 1.165) is 37.4 Å². The number of amides is 1. The Hall–Kier alpha value is -2.95. The highest BCUT2D eigenvalue weighted by molar-refractivity contribution is 5.92. The number of piperazine rings is 1. The molecule has 5 heteroatoms. The SMILES string of the molecule is O=C(C=Cc1ccc(N2CCCCCC2)cc1)N1CCN(c2ccccc2O)CC1. The molecule has 0 aliphatic carbocycles. The van der Waals surface area contributed by atoms with Crippen LogP contribution in [0.3, 0.4) is 0 Å². The number of para-hydroxylation sites is 2. The lowest BCUT2D eigenvalue weighted by molar-refractivity contribution is -0.126. The van der Waals surface area contributed by atoms with Gasteiger partial charge in [-0.3, -0.25) is 4.79 Å². The number of anilines is 2. The number of carbonyl (C=O) groups excluding carboxylic acids is 1. The molecule has 0 unspecified atom stereocenters. The van der Waals surface area contributed by atoms with Crippen molar-refractivity contribution in [1.29, 1.82) is 0 Å². The van der Waals surface area contributed by atoms with Gasteiger partial charge in [-0.05, 0) is 48.7 Å². The van der Waals surface area contributed by atoms with Gasteiger partial charge in [-0.15, -0.1) is 0 Å². The van der Waals surface area contributed by atoms with Gasteiger partial charge in [0.05, 0.1) is 5.69 Å². The smallest absolute Gasteiger partial charge is 0.246 e. The first kappa shape index (κ1) is 20.3. The maximum absolute atomic E-state index is 12.6. The van der Waals surface area contributed by atoms with Gasteiger partial charge >= 0.3 is 0 Å². The van der Waals surface area contributed by atoms with E-state index in [1.807, 2.05) is 29.2 Å². The van der Waals surface area contributed by atoms with Crippen LogP contribution < -0.4 is 9.80 Å². The fourth-order valence-corrected chi connectivity index (χ4v) is 4.30. The molecule has 0 saturated carbocycles. The van der Waals surface area contributed by atoms with Crippen LogP contribution in [-0.4, -0.2) is 55.2 Å². The van der Waals surface area contributed by atoms with Gasteiger partial charge in [0, 0.05) is 51.0 Å². The Morgan fingerprint density at radius 3 is 2.10 bits per heavy atom. The van der Waals surface area contributed by atoms with E-state index in [-0.39, 0.29) is 5.91 Å². The molecule has 2 aromatic carbocycles. The van der Waals surface area contributed by atoms with Crippen LogP contribution in [0.2, 0.25) is 0 Å². The summed E-state index contributed by atoms with van der Waals surface area (Å²) < 4.78 is 0. The van der Waals surface area contributed by atoms with Gasteiger partial charge in [0.25, 0.3) is 0 Å². The molecular weight excluding hydrogens is 374 g/mol. The van der Waals surface area contributed by atoms with E-state index in [2.05, 4.69) is 34.1 Å². The van der Waals surface area contributed by atoms with Crippen LogP contribution in [0.15, 0.2) is 54.6 Å². The Bertz CT molecular complexity index is 862. The molecule has 30 heavy (non-hydrogen) atoms. The van der Waals surface area contributed by atoms with Gasteiger partial charge in [0.15, 0.2) is 0 Å². The molecule has 2 saturated heterocycles. The monoisotopic (exact) mass is 405 g/mol. The van der Waals surface area contributed by atoms with Crippen molar-refractivity contribution in [3.05, 3.63) is 60.2 Å². The van der Waals surface area contributed by atoms with Crippen molar-refractivity contribution in [1.82, 2.24) is 4.90 Å². The summed E-state index contributed by atoms with van der Waals surface area (Å²) in [6, 6.07) is 15.9. The average Bonchev–Trinajstić information content (AvgIpc) is 3.08. The van der Waals surface area contributed by atoms with E-state index < -0.39 is 0 Å². The van der Waals surface area contributed by atoms with E-state index in [1.54, 1.807) is 12.1 Å². The minimum atomic E-state index is 0.0449. The number of phenolic OH excluding ortho intramolecular Hbond substituents is 1. The summed E-state index contributed by atoms with van der Waals surface area (Å²) >= 11 is 0. The molecule has 4 rings (SSSR count). The second-order valence-electron chi connectivity index (χ2n) is 8.13. The minimum absolute atomic E-state index is 0.0449. The number of benzene rings is 2. The Labute approximate surface area is 179 Å². The summed E-state index contributed by atoms with van der Waals surface area (Å²) in [4.78, 5) is 19.1. The highest BCUT2D eigenvalue weighted by Crippen LogP contribution is 2.27. The van der Waals surface area contributed by atoms with Crippen LogP contribution in [-0.2, 0) is 4.79 Å². The summed E-state index contributed by atoms with van der Waals surface area (Å²) in [5.41, 5.74) is 3.17. The predicted octanol–water partition coefficient (Wildman–Crippen LogP) is 4.13. The number of aromatic hydroxyl groups is 1. The molecule has 1 N–H and O–H groups in total. The second kappa shape index (κ2) is 9.70. The van der Waals surface area contributed by atoms with Gasteiger partial charge in [0.2, 0.25) is 5.91 Å². The van der Waals surface area contributed by atoms with E-state index in [4.69, 9.17) is 0 Å². The Morgan fingerprint density at radius 2 is 1.43 bits per heavy atom. The standard InChI is InChI=1S/C25H31N3O2/c29-24-8-4-3-7-23(24)27-17-19-28(20-18-27)25(30)14-11-21-9-12-22(13-10-21)26-15-5-1-2-6-16-26/h3-4,7-14,29H,1-2,5-6,15-20H2. The van der Waals surface area contributed by atoms with Crippen LogP contribution in [0.1, 0.15) is 31.2 Å². The van der Waals surface area contributed by atoms with E-state index in [0.29, 0.717) is 18.8 Å². The Morgan fingerprint density at radius 1 is 0.767 bits per heavy atom. The zero-order chi connectivity index (χ0) is 20.8. The van der Waals surface area contributed by atoms with E-state index >= 15 is 0 Å². The van der Waals surface area contributed by atoms with Gasteiger partial charge in [0.1, 0.15) is 5.75 Å². The topological polar surface area (TPSA) is 47.0 Å². The highest BCUT2D eigenvalue weighted by atomic mass is 16.3. The van der Waals surface area contributed by atoms with Crippen LogP contribution in [0.4, 0.5) is 11.4 Å². The molecule has 2 aliphatic rings. The third kappa shape index (κ3) is 4.96. The molecule has 2 heterocycles. The number of hydrogen-bond acceptors (Lipinski definition) is 4. The van der Waals surface area contributed by atoms with Gasteiger partial charge in [-0.25, -0.2) is 0 Å². The third-order valence-corrected chi connectivity index (χ3v) is 6.10. The molecule has 2 aliphatic heterocycles. The molecule has 0 atom stereocenters. The van der Waals surface area contributed by atoms with Crippen LogP contribution in [0.25, 0.3) is 6.08 Å². The predicted molar refractivity (Wildman–Crippen MR) is 123 cm³/mol. The zero-order valence-electron chi connectivity index (χ0n) is 17.5. The Balaban J connectivity index is 1.30. The molecule has 0 aromatic heterocycles. The number of nitrogens with zero attached hydrogens (tertiary/aromatic N) is 3. The quantitative estimate of drug-likeness (QED) is 0.777. The van der Waals surface area contributed by atoms with Crippen molar-refractivity contribution in [2.75, 3.05) is 49.1 Å². The van der Waals surface area contributed by atoms with Crippen LogP contribution >= 0.6 is 0 Å². The maximum atomic E-state index is 12.6. The lowest BCUT2D eigenvalue weighted by Crippen LogP contribution is -2.48. The summed E-state index contributed by atoms with van der Waals surface area (Å²) in [6.45, 7) is 5.04. The highest BCUT2D eigenvalue weighted by Gasteiger charge is 2.21. The van der Waals surface area contributed by atoms with E-state index in [1.165, 1.54) is 31.4 Å². The first-order valence-electron chi connectivity index (χ1n) is 11.1. The Kier molecular flexibility index (Phi) is 6.57. The van der Waals surface area contributed by atoms with Gasteiger partial charge < -0.3 is 19.8 Å². The molecule has 2 fully saturated rings. The first-order valence-corrected chi connectivity index (χ1v) is 11.1. The fraction of sp³-hybridized carbons (Fsp3) is 0.400. The van der Waals surface area contributed by atoms with Crippen molar-refractivity contribution >= 4 is 23.4 Å². The van der Waals surface area contributed by atoms with Crippen molar-refractivity contribution in [3.8, 4) is 5.75 Å². The fourth-order valence-electron chi connectivity index (χ4n) is 4.30. The minimum Gasteiger partial charge on any atom is -0.506 e. The number of phenols is 1. The molecule has 2 aromatic rings. The lowest BCUT2D eigenvalue weighted by atomic mass is 10.1. The van der Waals surface area contributed by atoms with E-state index in [9.17, 15) is 9.90 Å². The molecule has 5 nitrogen and oxygen atoms in total. The van der Waals surface area contributed by atoms with Crippen LogP contribution in [0.5, 0.6) is 5.75 Å². The molecule has 0 spiro atoms.